The zero-order valence-corrected chi connectivity index (χ0v) is 15.0. The summed E-state index contributed by atoms with van der Waals surface area (Å²) in [5, 5.41) is 0. The molecule has 0 aliphatic rings. The summed E-state index contributed by atoms with van der Waals surface area (Å²) in [5.41, 5.74) is 2.64. The quantitative estimate of drug-likeness (QED) is 0.686. The lowest BCUT2D eigenvalue weighted by molar-refractivity contribution is 0.0779. The van der Waals surface area contributed by atoms with Gasteiger partial charge in [0.15, 0.2) is 0 Å². The van der Waals surface area contributed by atoms with E-state index in [1.165, 1.54) is 0 Å². The van der Waals surface area contributed by atoms with Gasteiger partial charge in [0.2, 0.25) is 5.95 Å². The normalized spacial score (nSPS) is 10.4. The molecule has 132 valence electrons. The van der Waals surface area contributed by atoms with Crippen LogP contribution < -0.4 is 4.90 Å². The minimum absolute atomic E-state index is 0.120. The topological polar surface area (TPSA) is 49.3 Å². The zero-order valence-electron chi connectivity index (χ0n) is 15.0. The lowest BCUT2D eigenvalue weighted by Crippen LogP contribution is -2.28. The summed E-state index contributed by atoms with van der Waals surface area (Å²) in [4.78, 5) is 25.1. The van der Waals surface area contributed by atoms with Gasteiger partial charge in [-0.25, -0.2) is 9.97 Å². The van der Waals surface area contributed by atoms with E-state index in [0.717, 1.165) is 11.1 Å². The van der Waals surface area contributed by atoms with Crippen molar-refractivity contribution in [3.63, 3.8) is 0 Å². The van der Waals surface area contributed by atoms with E-state index in [1.54, 1.807) is 24.2 Å². The molecule has 0 aliphatic carbocycles. The Morgan fingerprint density at radius 3 is 2.04 bits per heavy atom. The highest BCUT2D eigenvalue weighted by atomic mass is 16.2. The van der Waals surface area contributed by atoms with E-state index in [-0.39, 0.29) is 5.91 Å². The van der Waals surface area contributed by atoms with Crippen molar-refractivity contribution in [3.05, 3.63) is 89.7 Å². The van der Waals surface area contributed by atoms with Crippen LogP contribution in [0.25, 0.3) is 0 Å². The van der Waals surface area contributed by atoms with Gasteiger partial charge < -0.3 is 9.80 Å². The Labute approximate surface area is 153 Å². The highest BCUT2D eigenvalue weighted by molar-refractivity contribution is 5.92. The van der Waals surface area contributed by atoms with Gasteiger partial charge in [-0.15, -0.1) is 0 Å². The fourth-order valence-corrected chi connectivity index (χ4v) is 2.70. The second kappa shape index (κ2) is 8.25. The van der Waals surface area contributed by atoms with Gasteiger partial charge >= 0.3 is 0 Å². The highest BCUT2D eigenvalue weighted by Crippen LogP contribution is 2.12. The van der Waals surface area contributed by atoms with Crippen LogP contribution >= 0.6 is 0 Å². The van der Waals surface area contributed by atoms with Crippen molar-refractivity contribution in [2.75, 3.05) is 19.0 Å². The summed E-state index contributed by atoms with van der Waals surface area (Å²) in [6.45, 7) is 1.22. The number of aromatic nitrogens is 2. The summed E-state index contributed by atoms with van der Waals surface area (Å²) < 4.78 is 0. The maximum atomic E-state index is 12.7. The molecule has 0 atom stereocenters. The van der Waals surface area contributed by atoms with Crippen molar-refractivity contribution in [2.45, 2.75) is 13.1 Å². The van der Waals surface area contributed by atoms with Crippen molar-refractivity contribution in [3.8, 4) is 0 Å². The fourth-order valence-electron chi connectivity index (χ4n) is 2.70. The number of anilines is 1. The van der Waals surface area contributed by atoms with E-state index in [9.17, 15) is 4.79 Å². The van der Waals surface area contributed by atoms with E-state index in [1.807, 2.05) is 60.5 Å². The second-order valence-electron chi connectivity index (χ2n) is 6.23. The molecule has 3 rings (SSSR count). The van der Waals surface area contributed by atoms with Gasteiger partial charge in [0.1, 0.15) is 5.69 Å². The molecule has 26 heavy (non-hydrogen) atoms. The van der Waals surface area contributed by atoms with E-state index < -0.39 is 0 Å². The molecule has 1 heterocycles. The van der Waals surface area contributed by atoms with Crippen LogP contribution in [0.15, 0.2) is 72.9 Å². The van der Waals surface area contributed by atoms with Gasteiger partial charge in [-0.3, -0.25) is 4.79 Å². The second-order valence-corrected chi connectivity index (χ2v) is 6.23. The zero-order chi connectivity index (χ0) is 18.4. The van der Waals surface area contributed by atoms with Crippen molar-refractivity contribution in [1.29, 1.82) is 0 Å². The molecule has 2 aromatic carbocycles. The first-order valence-electron chi connectivity index (χ1n) is 8.51. The van der Waals surface area contributed by atoms with Crippen molar-refractivity contribution in [1.82, 2.24) is 14.9 Å². The summed E-state index contributed by atoms with van der Waals surface area (Å²) in [7, 11) is 3.70. The van der Waals surface area contributed by atoms with Crippen LogP contribution in [0.5, 0.6) is 0 Å². The molecule has 0 N–H and O–H groups in total. The van der Waals surface area contributed by atoms with E-state index in [2.05, 4.69) is 22.1 Å². The third kappa shape index (κ3) is 4.45. The molecule has 1 aromatic heterocycles. The molecule has 0 aliphatic heterocycles. The van der Waals surface area contributed by atoms with E-state index in [4.69, 9.17) is 0 Å². The average Bonchev–Trinajstić information content (AvgIpc) is 2.69. The molecule has 0 unspecified atom stereocenters. The third-order valence-electron chi connectivity index (χ3n) is 4.08. The Hall–Kier alpha value is -3.21. The smallest absolute Gasteiger partial charge is 0.272 e. The molecule has 5 nitrogen and oxygen atoms in total. The number of amides is 1. The largest absolute Gasteiger partial charge is 0.340 e. The molecule has 0 radical (unpaired) electrons. The lowest BCUT2D eigenvalue weighted by Gasteiger charge is -2.19. The standard InChI is InChI=1S/C21H22N4O/c1-24(15-17-9-5-3-6-10-17)20(26)19-13-14-22-21(23-19)25(2)16-18-11-7-4-8-12-18/h3-14H,15-16H2,1-2H3. The number of carbonyl (C=O) groups excluding carboxylic acids is 1. The van der Waals surface area contributed by atoms with Crippen molar-refractivity contribution >= 4 is 11.9 Å². The predicted octanol–water partition coefficient (Wildman–Crippen LogP) is 3.39. The minimum Gasteiger partial charge on any atom is -0.340 e. The Bertz CT molecular complexity index is 852. The van der Waals surface area contributed by atoms with Crippen LogP contribution in [0.2, 0.25) is 0 Å². The summed E-state index contributed by atoms with van der Waals surface area (Å²) in [5.74, 6) is 0.415. The number of hydrogen-bond acceptors (Lipinski definition) is 4. The molecular formula is C21H22N4O. The Morgan fingerprint density at radius 2 is 1.42 bits per heavy atom. The average molecular weight is 346 g/mol. The number of rotatable bonds is 6. The molecule has 0 saturated heterocycles. The molecular weight excluding hydrogens is 324 g/mol. The van der Waals surface area contributed by atoms with Crippen molar-refractivity contribution < 1.29 is 4.79 Å². The van der Waals surface area contributed by atoms with Crippen LogP contribution in [0, 0.1) is 0 Å². The number of benzene rings is 2. The fraction of sp³-hybridized carbons (Fsp3) is 0.190. The Morgan fingerprint density at radius 1 is 0.846 bits per heavy atom. The molecule has 5 heteroatoms. The Balaban J connectivity index is 1.70. The Kier molecular flexibility index (Phi) is 5.59. The van der Waals surface area contributed by atoms with Gasteiger partial charge in [-0.2, -0.15) is 0 Å². The maximum absolute atomic E-state index is 12.7. The van der Waals surface area contributed by atoms with Crippen LogP contribution in [-0.4, -0.2) is 34.9 Å². The molecule has 0 bridgehead atoms. The highest BCUT2D eigenvalue weighted by Gasteiger charge is 2.15. The summed E-state index contributed by atoms with van der Waals surface area (Å²) >= 11 is 0. The number of hydrogen-bond donors (Lipinski definition) is 0. The summed E-state index contributed by atoms with van der Waals surface area (Å²) in [6, 6.07) is 21.7. The van der Waals surface area contributed by atoms with Crippen LogP contribution in [0.3, 0.4) is 0 Å². The van der Waals surface area contributed by atoms with E-state index >= 15 is 0 Å². The first kappa shape index (κ1) is 17.6. The summed E-state index contributed by atoms with van der Waals surface area (Å²) in [6.07, 6.45) is 1.63. The van der Waals surface area contributed by atoms with Crippen LogP contribution in [-0.2, 0) is 13.1 Å². The monoisotopic (exact) mass is 346 g/mol. The van der Waals surface area contributed by atoms with Crippen molar-refractivity contribution in [2.24, 2.45) is 0 Å². The molecule has 3 aromatic rings. The van der Waals surface area contributed by atoms with Gasteiger partial charge in [-0.05, 0) is 17.2 Å². The first-order valence-corrected chi connectivity index (χ1v) is 8.51. The van der Waals surface area contributed by atoms with Gasteiger partial charge in [0.05, 0.1) is 0 Å². The van der Waals surface area contributed by atoms with Gasteiger partial charge in [-0.1, -0.05) is 60.7 Å². The molecule has 0 fully saturated rings. The molecule has 1 amide bonds. The SMILES string of the molecule is CN(Cc1ccccc1)C(=O)c1ccnc(N(C)Cc2ccccc2)n1. The molecule has 0 saturated carbocycles. The predicted molar refractivity (Wildman–Crippen MR) is 103 cm³/mol. The third-order valence-corrected chi connectivity index (χ3v) is 4.08. The minimum atomic E-state index is -0.120. The lowest BCUT2D eigenvalue weighted by atomic mass is 10.2. The van der Waals surface area contributed by atoms with E-state index in [0.29, 0.717) is 24.7 Å². The van der Waals surface area contributed by atoms with Gasteiger partial charge in [0, 0.05) is 33.4 Å². The van der Waals surface area contributed by atoms with Gasteiger partial charge in [0.25, 0.3) is 5.91 Å². The van der Waals surface area contributed by atoms with Crippen LogP contribution in [0.1, 0.15) is 21.6 Å². The number of nitrogens with zero attached hydrogens (tertiary/aromatic N) is 4. The first-order chi connectivity index (χ1) is 12.6. The number of carbonyl (C=O) groups is 1. The van der Waals surface area contributed by atoms with Crippen LogP contribution in [0.4, 0.5) is 5.95 Å². The molecule has 0 spiro atoms. The maximum Gasteiger partial charge on any atom is 0.272 e.